The molecule has 0 aromatic heterocycles. The Morgan fingerprint density at radius 2 is 2.00 bits per heavy atom. The van der Waals surface area contributed by atoms with E-state index in [0.717, 1.165) is 5.84 Å². The van der Waals surface area contributed by atoms with Crippen molar-refractivity contribution in [2.24, 2.45) is 21.5 Å². The van der Waals surface area contributed by atoms with Crippen LogP contribution < -0.4 is 11.5 Å². The number of amidine groups is 1. The Morgan fingerprint density at radius 3 is 2.45 bits per heavy atom. The quantitative estimate of drug-likeness (QED) is 0.485. The van der Waals surface area contributed by atoms with Crippen LogP contribution in [0.2, 0.25) is 0 Å². The molecule has 5 heteroatoms. The second kappa shape index (κ2) is 2.20. The van der Waals surface area contributed by atoms with Gasteiger partial charge in [0, 0.05) is 7.05 Å². The fourth-order valence-corrected chi connectivity index (χ4v) is 0.900. The summed E-state index contributed by atoms with van der Waals surface area (Å²) in [6, 6.07) is 0. The Morgan fingerprint density at radius 1 is 1.45 bits per heavy atom. The van der Waals surface area contributed by atoms with Crippen molar-refractivity contribution in [1.29, 1.82) is 0 Å². The second-order valence-corrected chi connectivity index (χ2v) is 2.78. The maximum atomic E-state index is 5.64. The SMILES string of the molecule is CC1=NC(C)(N)N=C(N)N1C. The van der Waals surface area contributed by atoms with E-state index in [2.05, 4.69) is 9.98 Å². The maximum absolute atomic E-state index is 5.64. The zero-order chi connectivity index (χ0) is 8.65. The molecule has 0 fully saturated rings. The van der Waals surface area contributed by atoms with Crippen LogP contribution in [0.4, 0.5) is 0 Å². The van der Waals surface area contributed by atoms with E-state index in [4.69, 9.17) is 11.5 Å². The van der Waals surface area contributed by atoms with Crippen molar-refractivity contribution < 1.29 is 0 Å². The van der Waals surface area contributed by atoms with E-state index in [1.807, 2.05) is 6.92 Å². The lowest BCUT2D eigenvalue weighted by atomic mass is 10.4. The van der Waals surface area contributed by atoms with Crippen LogP contribution in [0.1, 0.15) is 13.8 Å². The molecule has 0 saturated carbocycles. The molecule has 4 N–H and O–H groups in total. The first-order valence-corrected chi connectivity index (χ1v) is 3.37. The van der Waals surface area contributed by atoms with Crippen LogP contribution in [0, 0.1) is 0 Å². The highest BCUT2D eigenvalue weighted by molar-refractivity contribution is 5.99. The number of rotatable bonds is 0. The summed E-state index contributed by atoms with van der Waals surface area (Å²) in [5, 5.41) is 0. The summed E-state index contributed by atoms with van der Waals surface area (Å²) in [4.78, 5) is 9.74. The summed E-state index contributed by atoms with van der Waals surface area (Å²) in [6.07, 6.45) is 0. The van der Waals surface area contributed by atoms with Crippen molar-refractivity contribution in [3.63, 3.8) is 0 Å². The minimum Gasteiger partial charge on any atom is -0.369 e. The highest BCUT2D eigenvalue weighted by Crippen LogP contribution is 2.10. The summed E-state index contributed by atoms with van der Waals surface area (Å²) in [7, 11) is 1.80. The Balaban J connectivity index is 2.98. The molecule has 0 aliphatic carbocycles. The number of nitrogens with two attached hydrogens (primary N) is 2. The first-order chi connectivity index (χ1) is 4.92. The number of nitrogens with zero attached hydrogens (tertiary/aromatic N) is 3. The van der Waals surface area contributed by atoms with Gasteiger partial charge in [-0.3, -0.25) is 5.73 Å². The largest absolute Gasteiger partial charge is 0.369 e. The number of hydrogen-bond donors (Lipinski definition) is 2. The van der Waals surface area contributed by atoms with Crippen molar-refractivity contribution >= 4 is 11.8 Å². The molecule has 0 radical (unpaired) electrons. The van der Waals surface area contributed by atoms with Crippen LogP contribution >= 0.6 is 0 Å². The fourth-order valence-electron chi connectivity index (χ4n) is 0.900. The van der Waals surface area contributed by atoms with Gasteiger partial charge in [0.25, 0.3) is 0 Å². The van der Waals surface area contributed by atoms with E-state index in [9.17, 15) is 0 Å². The van der Waals surface area contributed by atoms with Gasteiger partial charge in [-0.05, 0) is 13.8 Å². The molecule has 1 heterocycles. The van der Waals surface area contributed by atoms with Gasteiger partial charge in [-0.25, -0.2) is 9.98 Å². The normalized spacial score (nSPS) is 31.5. The van der Waals surface area contributed by atoms with Crippen LogP contribution in [0.5, 0.6) is 0 Å². The Bertz CT molecular complexity index is 205. The Labute approximate surface area is 65.8 Å². The van der Waals surface area contributed by atoms with Gasteiger partial charge in [0.05, 0.1) is 0 Å². The molecule has 0 bridgehead atoms. The van der Waals surface area contributed by atoms with E-state index < -0.39 is 5.79 Å². The lowest BCUT2D eigenvalue weighted by Gasteiger charge is -2.28. The van der Waals surface area contributed by atoms with E-state index in [1.165, 1.54) is 0 Å². The third-order valence-corrected chi connectivity index (χ3v) is 1.56. The summed E-state index contributed by atoms with van der Waals surface area (Å²) in [5.41, 5.74) is 11.2. The van der Waals surface area contributed by atoms with E-state index in [0.29, 0.717) is 5.96 Å². The topological polar surface area (TPSA) is 80.0 Å². The number of guanidine groups is 1. The molecule has 1 atom stereocenters. The molecule has 11 heavy (non-hydrogen) atoms. The van der Waals surface area contributed by atoms with Crippen LogP contribution in [-0.2, 0) is 0 Å². The minimum absolute atomic E-state index is 0.405. The van der Waals surface area contributed by atoms with Crippen LogP contribution in [0.25, 0.3) is 0 Å². The predicted octanol–water partition coefficient (Wildman–Crippen LogP) is -0.703. The van der Waals surface area contributed by atoms with Gasteiger partial charge >= 0.3 is 0 Å². The molecule has 62 valence electrons. The lowest BCUT2D eigenvalue weighted by Crippen LogP contribution is -2.48. The van der Waals surface area contributed by atoms with Gasteiger partial charge < -0.3 is 10.6 Å². The smallest absolute Gasteiger partial charge is 0.204 e. The molecule has 0 aromatic rings. The van der Waals surface area contributed by atoms with E-state index >= 15 is 0 Å². The van der Waals surface area contributed by atoms with Gasteiger partial charge in [0.2, 0.25) is 5.79 Å². The van der Waals surface area contributed by atoms with Crippen LogP contribution in [-0.4, -0.2) is 29.5 Å². The molecular formula is C6H13N5. The molecule has 1 aliphatic rings. The molecule has 1 rings (SSSR count). The first kappa shape index (κ1) is 8.00. The first-order valence-electron chi connectivity index (χ1n) is 3.37. The van der Waals surface area contributed by atoms with Gasteiger partial charge in [-0.2, -0.15) is 0 Å². The Hall–Kier alpha value is -1.10. The second-order valence-electron chi connectivity index (χ2n) is 2.78. The summed E-state index contributed by atoms with van der Waals surface area (Å²) in [5.74, 6) is 0.297. The molecule has 0 amide bonds. The van der Waals surface area contributed by atoms with Crippen molar-refractivity contribution in [2.75, 3.05) is 7.05 Å². The molecule has 0 aromatic carbocycles. The predicted molar refractivity (Wildman–Crippen MR) is 45.1 cm³/mol. The van der Waals surface area contributed by atoms with Gasteiger partial charge in [0.15, 0.2) is 5.96 Å². The third-order valence-electron chi connectivity index (χ3n) is 1.56. The zero-order valence-corrected chi connectivity index (χ0v) is 7.00. The number of aliphatic imine (C=N–C) groups is 2. The van der Waals surface area contributed by atoms with Crippen molar-refractivity contribution in [3.05, 3.63) is 0 Å². The molecule has 0 saturated heterocycles. The van der Waals surface area contributed by atoms with E-state index in [-0.39, 0.29) is 0 Å². The minimum atomic E-state index is -0.888. The van der Waals surface area contributed by atoms with Crippen molar-refractivity contribution in [1.82, 2.24) is 4.90 Å². The van der Waals surface area contributed by atoms with Crippen molar-refractivity contribution in [3.8, 4) is 0 Å². The summed E-state index contributed by atoms with van der Waals surface area (Å²) >= 11 is 0. The summed E-state index contributed by atoms with van der Waals surface area (Å²) < 4.78 is 0. The molecular weight excluding hydrogens is 142 g/mol. The average Bonchev–Trinajstić information content (AvgIpc) is 1.81. The lowest BCUT2D eigenvalue weighted by molar-refractivity contribution is 0.482. The monoisotopic (exact) mass is 155 g/mol. The van der Waals surface area contributed by atoms with Gasteiger partial charge in [0.1, 0.15) is 5.84 Å². The van der Waals surface area contributed by atoms with Crippen LogP contribution in [0.15, 0.2) is 9.98 Å². The zero-order valence-electron chi connectivity index (χ0n) is 7.00. The fraction of sp³-hybridized carbons (Fsp3) is 0.667. The number of hydrogen-bond acceptors (Lipinski definition) is 5. The molecule has 1 unspecified atom stereocenters. The third kappa shape index (κ3) is 1.48. The molecule has 1 aliphatic heterocycles. The van der Waals surface area contributed by atoms with Crippen molar-refractivity contribution in [2.45, 2.75) is 19.6 Å². The summed E-state index contributed by atoms with van der Waals surface area (Å²) in [6.45, 7) is 3.54. The van der Waals surface area contributed by atoms with E-state index in [1.54, 1.807) is 18.9 Å². The maximum Gasteiger partial charge on any atom is 0.204 e. The average molecular weight is 155 g/mol. The molecule has 0 spiro atoms. The van der Waals surface area contributed by atoms with Gasteiger partial charge in [-0.15, -0.1) is 0 Å². The van der Waals surface area contributed by atoms with Crippen LogP contribution in [0.3, 0.4) is 0 Å². The standard InChI is InChI=1S/C6H13N5/c1-4-9-6(2,8)10-5(7)11(4)3/h8H2,1-3H3,(H2,7,10). The van der Waals surface area contributed by atoms with Gasteiger partial charge in [-0.1, -0.05) is 0 Å². The molecule has 5 nitrogen and oxygen atoms in total. The highest BCUT2D eigenvalue weighted by Gasteiger charge is 2.23. The highest BCUT2D eigenvalue weighted by atomic mass is 15.4. The Kier molecular flexibility index (Phi) is 1.60.